The van der Waals surface area contributed by atoms with Crippen LogP contribution in [0.25, 0.3) is 0 Å². The van der Waals surface area contributed by atoms with Crippen LogP contribution in [0, 0.1) is 11.3 Å². The van der Waals surface area contributed by atoms with E-state index in [0.29, 0.717) is 5.92 Å². The molecule has 3 nitrogen and oxygen atoms in total. The quantitative estimate of drug-likeness (QED) is 0.563. The lowest BCUT2D eigenvalue weighted by Crippen LogP contribution is -2.55. The van der Waals surface area contributed by atoms with Gasteiger partial charge in [0.05, 0.1) is 17.5 Å². The van der Waals surface area contributed by atoms with E-state index in [2.05, 4.69) is 25.7 Å². The summed E-state index contributed by atoms with van der Waals surface area (Å²) in [5.74, 6) is 1.37. The fraction of sp³-hybridized carbons (Fsp3) is 0.929. The molecule has 0 aromatic heterocycles. The van der Waals surface area contributed by atoms with Crippen molar-refractivity contribution in [1.82, 2.24) is 4.90 Å². The Morgan fingerprint density at radius 3 is 2.47 bits per heavy atom. The molecular weight excluding hydrogens is 212 g/mol. The van der Waals surface area contributed by atoms with Gasteiger partial charge in [0.15, 0.2) is 0 Å². The maximum Gasteiger partial charge on any atom is 0.0991 e. The van der Waals surface area contributed by atoms with Gasteiger partial charge < -0.3 is 9.64 Å². The molecule has 1 heterocycles. The van der Waals surface area contributed by atoms with Gasteiger partial charge in [-0.1, -0.05) is 19.3 Å². The van der Waals surface area contributed by atoms with E-state index in [9.17, 15) is 0 Å². The Kier molecular flexibility index (Phi) is 3.76. The Bertz CT molecular complexity index is 282. The van der Waals surface area contributed by atoms with Gasteiger partial charge in [-0.3, -0.25) is 5.41 Å². The monoisotopic (exact) mass is 238 g/mol. The molecule has 2 aliphatic rings. The third-order valence-corrected chi connectivity index (χ3v) is 3.90. The highest BCUT2D eigenvalue weighted by atomic mass is 16.5. The van der Waals surface area contributed by atoms with Crippen molar-refractivity contribution < 1.29 is 4.74 Å². The molecule has 0 bridgehead atoms. The van der Waals surface area contributed by atoms with Crippen LogP contribution in [0.2, 0.25) is 0 Å². The van der Waals surface area contributed by atoms with Crippen LogP contribution in [0.15, 0.2) is 0 Å². The molecule has 1 unspecified atom stereocenters. The smallest absolute Gasteiger partial charge is 0.0991 e. The number of hydrogen-bond acceptors (Lipinski definition) is 2. The van der Waals surface area contributed by atoms with Crippen LogP contribution in [-0.4, -0.2) is 35.5 Å². The fourth-order valence-corrected chi connectivity index (χ4v) is 3.27. The minimum Gasteiger partial charge on any atom is -0.369 e. The van der Waals surface area contributed by atoms with Crippen LogP contribution in [0.4, 0.5) is 0 Å². The molecule has 98 valence electrons. The van der Waals surface area contributed by atoms with Crippen molar-refractivity contribution in [2.24, 2.45) is 5.92 Å². The van der Waals surface area contributed by atoms with E-state index in [1.54, 1.807) is 0 Å². The zero-order chi connectivity index (χ0) is 12.5. The number of ether oxygens (including phenoxy) is 1. The number of rotatable bonds is 1. The summed E-state index contributed by atoms with van der Waals surface area (Å²) in [5, 5.41) is 8.41. The zero-order valence-electron chi connectivity index (χ0n) is 11.5. The number of morpholine rings is 1. The van der Waals surface area contributed by atoms with Gasteiger partial charge in [-0.05, 0) is 33.6 Å². The average Bonchev–Trinajstić information content (AvgIpc) is 2.26. The molecule has 2 fully saturated rings. The molecule has 0 radical (unpaired) electrons. The molecule has 17 heavy (non-hydrogen) atoms. The van der Waals surface area contributed by atoms with Crippen LogP contribution in [0.1, 0.15) is 52.9 Å². The maximum atomic E-state index is 8.41. The van der Waals surface area contributed by atoms with Crippen molar-refractivity contribution >= 4 is 5.84 Å². The minimum absolute atomic E-state index is 0.112. The second-order valence-electron chi connectivity index (χ2n) is 6.29. The van der Waals surface area contributed by atoms with Crippen LogP contribution < -0.4 is 0 Å². The molecule has 3 heteroatoms. The normalized spacial score (nSPS) is 30.3. The first-order chi connectivity index (χ1) is 7.98. The second-order valence-corrected chi connectivity index (χ2v) is 6.29. The van der Waals surface area contributed by atoms with E-state index >= 15 is 0 Å². The second kappa shape index (κ2) is 4.97. The van der Waals surface area contributed by atoms with Crippen LogP contribution >= 0.6 is 0 Å². The molecule has 1 atom stereocenters. The van der Waals surface area contributed by atoms with Crippen molar-refractivity contribution in [3.8, 4) is 0 Å². The summed E-state index contributed by atoms with van der Waals surface area (Å²) in [4.78, 5) is 2.25. The minimum atomic E-state index is -0.112. The first-order valence-corrected chi connectivity index (χ1v) is 6.99. The summed E-state index contributed by atoms with van der Waals surface area (Å²) >= 11 is 0. The van der Waals surface area contributed by atoms with Gasteiger partial charge in [-0.2, -0.15) is 0 Å². The summed E-state index contributed by atoms with van der Waals surface area (Å²) in [6.07, 6.45) is 6.62. The molecule has 0 spiro atoms. The number of amidine groups is 1. The van der Waals surface area contributed by atoms with Crippen LogP contribution in [-0.2, 0) is 4.74 Å². The first-order valence-electron chi connectivity index (χ1n) is 6.99. The molecule has 1 saturated carbocycles. The van der Waals surface area contributed by atoms with Crippen molar-refractivity contribution in [1.29, 1.82) is 5.41 Å². The average molecular weight is 238 g/mol. The van der Waals surface area contributed by atoms with Gasteiger partial charge in [0.25, 0.3) is 0 Å². The third kappa shape index (κ3) is 3.21. The summed E-state index contributed by atoms with van der Waals surface area (Å²) in [6, 6.07) is 0. The maximum absolute atomic E-state index is 8.41. The molecule has 1 aliphatic heterocycles. The largest absolute Gasteiger partial charge is 0.369 e. The van der Waals surface area contributed by atoms with Crippen molar-refractivity contribution in [2.45, 2.75) is 64.6 Å². The Hall–Kier alpha value is -0.570. The molecule has 1 aliphatic carbocycles. The van der Waals surface area contributed by atoms with Gasteiger partial charge in [0.1, 0.15) is 0 Å². The third-order valence-electron chi connectivity index (χ3n) is 3.90. The highest BCUT2D eigenvalue weighted by Crippen LogP contribution is 2.28. The molecule has 0 aromatic carbocycles. The van der Waals surface area contributed by atoms with E-state index in [0.717, 1.165) is 18.9 Å². The lowest BCUT2D eigenvalue weighted by atomic mass is 9.87. The van der Waals surface area contributed by atoms with Gasteiger partial charge in [-0.15, -0.1) is 0 Å². The van der Waals surface area contributed by atoms with E-state index in [4.69, 9.17) is 10.1 Å². The molecule has 0 aromatic rings. The van der Waals surface area contributed by atoms with E-state index in [1.165, 1.54) is 32.1 Å². The predicted molar refractivity (Wildman–Crippen MR) is 70.5 cm³/mol. The number of hydrogen-bond donors (Lipinski definition) is 1. The topological polar surface area (TPSA) is 36.3 Å². The molecule has 1 saturated heterocycles. The lowest BCUT2D eigenvalue weighted by molar-refractivity contribution is -0.114. The zero-order valence-corrected chi connectivity index (χ0v) is 11.5. The lowest BCUT2D eigenvalue weighted by Gasteiger charge is -2.44. The van der Waals surface area contributed by atoms with Crippen molar-refractivity contribution in [3.63, 3.8) is 0 Å². The molecule has 2 rings (SSSR count). The summed E-state index contributed by atoms with van der Waals surface area (Å²) in [7, 11) is 0. The molecule has 1 N–H and O–H groups in total. The van der Waals surface area contributed by atoms with Gasteiger partial charge in [0.2, 0.25) is 0 Å². The summed E-state index contributed by atoms with van der Waals surface area (Å²) in [6.45, 7) is 8.13. The number of nitrogens with zero attached hydrogens (tertiary/aromatic N) is 1. The molecular formula is C14H26N2O. The fourth-order valence-electron chi connectivity index (χ4n) is 3.27. The summed E-state index contributed by atoms with van der Waals surface area (Å²) < 4.78 is 5.90. The van der Waals surface area contributed by atoms with E-state index in [-0.39, 0.29) is 11.7 Å². The van der Waals surface area contributed by atoms with Crippen molar-refractivity contribution in [2.75, 3.05) is 13.1 Å². The highest BCUT2D eigenvalue weighted by Gasteiger charge is 2.34. The highest BCUT2D eigenvalue weighted by molar-refractivity contribution is 5.82. The van der Waals surface area contributed by atoms with Crippen molar-refractivity contribution in [3.05, 3.63) is 0 Å². The van der Waals surface area contributed by atoms with Gasteiger partial charge in [0, 0.05) is 19.0 Å². The Morgan fingerprint density at radius 1 is 1.24 bits per heavy atom. The first kappa shape index (κ1) is 12.9. The van der Waals surface area contributed by atoms with Crippen LogP contribution in [0.5, 0.6) is 0 Å². The Balaban J connectivity index is 1.98. The SMILES string of the molecule is CC1CN(C(=N)C2CCCCC2)CC(C)(C)O1. The number of nitrogens with one attached hydrogen (secondary N) is 1. The predicted octanol–water partition coefficient (Wildman–Crippen LogP) is 3.04. The van der Waals surface area contributed by atoms with Gasteiger partial charge in [-0.25, -0.2) is 0 Å². The Morgan fingerprint density at radius 2 is 1.88 bits per heavy atom. The van der Waals surface area contributed by atoms with E-state index < -0.39 is 0 Å². The summed E-state index contributed by atoms with van der Waals surface area (Å²) in [5.41, 5.74) is -0.112. The Labute approximate surface area is 105 Å². The van der Waals surface area contributed by atoms with Gasteiger partial charge >= 0.3 is 0 Å². The standard InChI is InChI=1S/C14H26N2O/c1-11-9-16(10-14(2,3)17-11)13(15)12-7-5-4-6-8-12/h11-12,15H,4-10H2,1-3H3. The van der Waals surface area contributed by atoms with E-state index in [1.807, 2.05) is 0 Å². The van der Waals surface area contributed by atoms with Crippen LogP contribution in [0.3, 0.4) is 0 Å². The molecule has 0 amide bonds.